The van der Waals surface area contributed by atoms with Gasteiger partial charge in [-0.25, -0.2) is 14.4 Å². The molecule has 2 aromatic heterocycles. The van der Waals surface area contributed by atoms with Crippen molar-refractivity contribution < 1.29 is 18.1 Å². The van der Waals surface area contributed by atoms with Crippen molar-refractivity contribution in [2.45, 2.75) is 10.9 Å². The fraction of sp³-hybridized carbons (Fsp3) is 0.174. The lowest BCUT2D eigenvalue weighted by Gasteiger charge is -2.35. The number of anilines is 1. The van der Waals surface area contributed by atoms with Crippen LogP contribution in [0.4, 0.5) is 10.3 Å². The van der Waals surface area contributed by atoms with Crippen molar-refractivity contribution in [1.29, 1.82) is 0 Å². The molecule has 162 valence electrons. The number of carbonyl (C=O) groups is 1. The Morgan fingerprint density at radius 2 is 1.94 bits per heavy atom. The number of hydrogen-bond acceptors (Lipinski definition) is 5. The van der Waals surface area contributed by atoms with Crippen molar-refractivity contribution >= 4 is 33.6 Å². The first-order chi connectivity index (χ1) is 15.5. The molecule has 0 spiro atoms. The van der Waals surface area contributed by atoms with Gasteiger partial charge in [0.15, 0.2) is 0 Å². The average molecular weight is 450 g/mol. The first-order valence-corrected chi connectivity index (χ1v) is 11.5. The Kier molecular flexibility index (Phi) is 5.28. The summed E-state index contributed by atoms with van der Waals surface area (Å²) in [6.45, 7) is 0.766. The highest BCUT2D eigenvalue weighted by molar-refractivity contribution is 7.84. The average Bonchev–Trinajstić information content (AvgIpc) is 3.20. The number of benzene rings is 2. The maximum atomic E-state index is 14.1. The summed E-state index contributed by atoms with van der Waals surface area (Å²) in [6, 6.07) is 11.4. The maximum Gasteiger partial charge on any atom is 0.261 e. The van der Waals surface area contributed by atoms with Crippen LogP contribution < -0.4 is 4.90 Å². The quantitative estimate of drug-likeness (QED) is 0.502. The van der Waals surface area contributed by atoms with Gasteiger partial charge >= 0.3 is 0 Å². The highest BCUT2D eigenvalue weighted by Crippen LogP contribution is 2.27. The molecule has 5 rings (SSSR count). The minimum Gasteiger partial charge on any atom is -0.377 e. The highest BCUT2D eigenvalue weighted by atomic mass is 32.2. The minimum absolute atomic E-state index is 0.195. The second kappa shape index (κ2) is 8.25. The Balaban J connectivity index is 1.49. The summed E-state index contributed by atoms with van der Waals surface area (Å²) < 4.78 is 31.3. The van der Waals surface area contributed by atoms with Crippen LogP contribution in [0.3, 0.4) is 0 Å². The van der Waals surface area contributed by atoms with Crippen molar-refractivity contribution in [3.63, 3.8) is 0 Å². The summed E-state index contributed by atoms with van der Waals surface area (Å²) in [5, 5.41) is 0.811. The summed E-state index contributed by atoms with van der Waals surface area (Å²) in [6.07, 6.45) is 6.33. The number of ether oxygens (including phenoxy) is 1. The standard InChI is InChI=1S/C23H19FN4O3S/c1-32(30)21-11-25-20-8-14(6-7-18(20)21)22(29)28(16-12-31-13-16)23-26-9-15(10-27-23)17-4-2-3-5-19(17)24/h2-11,16,25H,12-13H2,1H3. The number of rotatable bonds is 5. The van der Waals surface area contributed by atoms with E-state index >= 15 is 0 Å². The number of halogens is 1. The molecule has 0 radical (unpaired) electrons. The lowest BCUT2D eigenvalue weighted by Crippen LogP contribution is -2.52. The van der Waals surface area contributed by atoms with E-state index in [4.69, 9.17) is 4.74 Å². The van der Waals surface area contributed by atoms with Gasteiger partial charge in [0.05, 0.1) is 35.0 Å². The Bertz CT molecular complexity index is 1330. The molecule has 3 heterocycles. The summed E-state index contributed by atoms with van der Waals surface area (Å²) >= 11 is 0. The maximum absolute atomic E-state index is 14.1. The number of nitrogens with one attached hydrogen (secondary N) is 1. The van der Waals surface area contributed by atoms with Gasteiger partial charge in [0.25, 0.3) is 5.91 Å². The van der Waals surface area contributed by atoms with E-state index in [1.807, 2.05) is 0 Å². The van der Waals surface area contributed by atoms with E-state index in [1.165, 1.54) is 23.4 Å². The molecule has 1 aliphatic rings. The SMILES string of the molecule is CS(=O)c1c[nH]c2cc(C(=O)N(c3ncc(-c4ccccc4F)cn3)C3COC3)ccc12. The molecular formula is C23H19FN4O3S. The number of fused-ring (bicyclic) bond motifs is 1. The van der Waals surface area contributed by atoms with Gasteiger partial charge in [-0.1, -0.05) is 24.3 Å². The molecule has 0 aliphatic carbocycles. The van der Waals surface area contributed by atoms with E-state index in [0.29, 0.717) is 34.8 Å². The number of carbonyl (C=O) groups excluding carboxylic acids is 1. The summed E-state index contributed by atoms with van der Waals surface area (Å²) in [5.41, 5.74) is 2.09. The fourth-order valence-electron chi connectivity index (χ4n) is 3.68. The van der Waals surface area contributed by atoms with E-state index < -0.39 is 10.8 Å². The van der Waals surface area contributed by atoms with E-state index in [9.17, 15) is 13.4 Å². The van der Waals surface area contributed by atoms with Crippen LogP contribution in [-0.2, 0) is 15.5 Å². The Morgan fingerprint density at radius 1 is 1.19 bits per heavy atom. The van der Waals surface area contributed by atoms with Gasteiger partial charge in [0.1, 0.15) is 5.82 Å². The number of nitrogens with zero attached hydrogens (tertiary/aromatic N) is 3. The van der Waals surface area contributed by atoms with Crippen LogP contribution in [0, 0.1) is 5.82 Å². The van der Waals surface area contributed by atoms with Gasteiger partial charge < -0.3 is 9.72 Å². The normalized spacial score (nSPS) is 14.8. The molecule has 1 atom stereocenters. The van der Waals surface area contributed by atoms with Crippen LogP contribution in [0.15, 0.2) is 66.0 Å². The van der Waals surface area contributed by atoms with Crippen LogP contribution >= 0.6 is 0 Å². The zero-order valence-electron chi connectivity index (χ0n) is 17.1. The van der Waals surface area contributed by atoms with Crippen LogP contribution in [-0.4, -0.2) is 50.6 Å². The molecule has 7 nitrogen and oxygen atoms in total. The number of H-pyrrole nitrogens is 1. The molecule has 1 saturated heterocycles. The third-order valence-corrected chi connectivity index (χ3v) is 6.40. The Labute approximate surface area is 185 Å². The zero-order chi connectivity index (χ0) is 22.2. The van der Waals surface area contributed by atoms with Crippen LogP contribution in [0.25, 0.3) is 22.0 Å². The largest absolute Gasteiger partial charge is 0.377 e. The third-order valence-electron chi connectivity index (χ3n) is 5.44. The summed E-state index contributed by atoms with van der Waals surface area (Å²) in [5.74, 6) is -0.409. The van der Waals surface area contributed by atoms with Gasteiger partial charge in [-0.05, 0) is 18.2 Å². The predicted octanol–water partition coefficient (Wildman–Crippen LogP) is 3.55. The molecule has 32 heavy (non-hydrogen) atoms. The van der Waals surface area contributed by atoms with Crippen LogP contribution in [0.2, 0.25) is 0 Å². The Hall–Kier alpha value is -3.43. The molecule has 1 fully saturated rings. The van der Waals surface area contributed by atoms with Gasteiger partial charge in [0, 0.05) is 52.4 Å². The van der Waals surface area contributed by atoms with E-state index in [1.54, 1.807) is 48.9 Å². The summed E-state index contributed by atoms with van der Waals surface area (Å²) in [4.78, 5) is 27.4. The Morgan fingerprint density at radius 3 is 2.59 bits per heavy atom. The molecule has 1 amide bonds. The second-order valence-electron chi connectivity index (χ2n) is 7.49. The fourth-order valence-corrected chi connectivity index (χ4v) is 4.39. The first-order valence-electron chi connectivity index (χ1n) is 9.96. The van der Waals surface area contributed by atoms with Crippen molar-refractivity contribution in [3.05, 3.63) is 72.4 Å². The molecule has 1 unspecified atom stereocenters. The molecule has 0 bridgehead atoms. The van der Waals surface area contributed by atoms with Crippen molar-refractivity contribution in [2.24, 2.45) is 0 Å². The van der Waals surface area contributed by atoms with Crippen LogP contribution in [0.5, 0.6) is 0 Å². The number of hydrogen-bond donors (Lipinski definition) is 1. The molecule has 2 aromatic carbocycles. The van der Waals surface area contributed by atoms with Crippen molar-refractivity contribution in [3.8, 4) is 11.1 Å². The monoisotopic (exact) mass is 450 g/mol. The predicted molar refractivity (Wildman–Crippen MR) is 119 cm³/mol. The van der Waals surface area contributed by atoms with E-state index in [2.05, 4.69) is 15.0 Å². The van der Waals surface area contributed by atoms with Gasteiger partial charge in [-0.3, -0.25) is 13.9 Å². The number of amides is 1. The molecule has 4 aromatic rings. The van der Waals surface area contributed by atoms with Gasteiger partial charge in [-0.15, -0.1) is 0 Å². The number of aromatic nitrogens is 3. The lowest BCUT2D eigenvalue weighted by molar-refractivity contribution is 0.00781. The molecular weight excluding hydrogens is 431 g/mol. The van der Waals surface area contributed by atoms with Crippen molar-refractivity contribution in [1.82, 2.24) is 15.0 Å². The minimum atomic E-state index is -1.14. The number of aromatic amines is 1. The molecule has 9 heteroatoms. The smallest absolute Gasteiger partial charge is 0.261 e. The molecule has 0 saturated carbocycles. The highest BCUT2D eigenvalue weighted by Gasteiger charge is 2.34. The lowest BCUT2D eigenvalue weighted by atomic mass is 10.1. The second-order valence-corrected chi connectivity index (χ2v) is 8.83. The zero-order valence-corrected chi connectivity index (χ0v) is 17.9. The van der Waals surface area contributed by atoms with E-state index in [0.717, 1.165) is 10.9 Å². The van der Waals surface area contributed by atoms with Crippen LogP contribution in [0.1, 0.15) is 10.4 Å². The van der Waals surface area contributed by atoms with Gasteiger partial charge in [0.2, 0.25) is 5.95 Å². The van der Waals surface area contributed by atoms with Gasteiger partial charge in [-0.2, -0.15) is 0 Å². The molecule has 1 aliphatic heterocycles. The van der Waals surface area contributed by atoms with Crippen molar-refractivity contribution in [2.75, 3.05) is 24.4 Å². The first kappa shape index (κ1) is 20.5. The van der Waals surface area contributed by atoms with E-state index in [-0.39, 0.29) is 23.7 Å². The third kappa shape index (κ3) is 3.59. The molecule has 1 N–H and O–H groups in total. The topological polar surface area (TPSA) is 88.2 Å². The summed E-state index contributed by atoms with van der Waals surface area (Å²) in [7, 11) is -1.14.